The molecule has 4 nitrogen and oxygen atoms in total. The van der Waals surface area contributed by atoms with Gasteiger partial charge in [-0.3, -0.25) is 0 Å². The highest BCUT2D eigenvalue weighted by molar-refractivity contribution is 6.15. The van der Waals surface area contributed by atoms with Crippen LogP contribution in [0, 0.1) is 0 Å². The minimum absolute atomic E-state index is 0.908. The van der Waals surface area contributed by atoms with Crippen LogP contribution in [0.2, 0.25) is 0 Å². The van der Waals surface area contributed by atoms with Crippen molar-refractivity contribution < 1.29 is 8.83 Å². The summed E-state index contributed by atoms with van der Waals surface area (Å²) in [4.78, 5) is 0. The molecule has 298 valence electrons. The van der Waals surface area contributed by atoms with Crippen LogP contribution in [0.5, 0.6) is 0 Å². The van der Waals surface area contributed by atoms with E-state index >= 15 is 0 Å². The third-order valence-corrected chi connectivity index (χ3v) is 13.3. The standard InChI is InChI=1S/C60H36N2O2/c1-5-25-53-45(17-1)51-35-39(43-21-11-23-49-47-19-3-7-27-57(47)63-59(43)49)29-31-55(51)61(53)41-15-9-13-37(33-41)38-14-10-16-42(34-38)62-54-26-6-2-18-46(54)52-36-40(30-32-56(52)62)44-22-12-24-50-48-20-4-8-28-58(48)64-60(44)50/h1-36H. The largest absolute Gasteiger partial charge is 0.455 e. The number of para-hydroxylation sites is 6. The lowest BCUT2D eigenvalue weighted by atomic mass is 10.0. The van der Waals surface area contributed by atoms with Gasteiger partial charge < -0.3 is 18.0 Å². The molecule has 4 aromatic heterocycles. The number of rotatable bonds is 5. The highest BCUT2D eigenvalue weighted by Crippen LogP contribution is 2.42. The zero-order chi connectivity index (χ0) is 41.9. The Morgan fingerprint density at radius 1 is 0.250 bits per heavy atom. The third kappa shape index (κ3) is 5.11. The number of nitrogens with zero attached hydrogens (tertiary/aromatic N) is 2. The van der Waals surface area contributed by atoms with Crippen molar-refractivity contribution in [3.05, 3.63) is 218 Å². The second-order valence-electron chi connectivity index (χ2n) is 16.8. The smallest absolute Gasteiger partial charge is 0.143 e. The molecular formula is C60H36N2O2. The molecule has 0 spiro atoms. The van der Waals surface area contributed by atoms with Gasteiger partial charge in [0.1, 0.15) is 22.3 Å². The normalized spacial score (nSPS) is 12.1. The molecule has 0 aliphatic heterocycles. The summed E-state index contributed by atoms with van der Waals surface area (Å²) in [5.41, 5.74) is 17.3. The predicted molar refractivity (Wildman–Crippen MR) is 266 cm³/mol. The zero-order valence-corrected chi connectivity index (χ0v) is 34.5. The molecule has 14 aromatic rings. The molecule has 0 N–H and O–H groups in total. The molecule has 0 aliphatic carbocycles. The van der Waals surface area contributed by atoms with Gasteiger partial charge in [0.05, 0.1) is 22.1 Å². The average molecular weight is 817 g/mol. The van der Waals surface area contributed by atoms with Gasteiger partial charge in [-0.1, -0.05) is 146 Å². The number of furan rings is 2. The first-order chi connectivity index (χ1) is 31.7. The summed E-state index contributed by atoms with van der Waals surface area (Å²) in [6.45, 7) is 0. The summed E-state index contributed by atoms with van der Waals surface area (Å²) in [7, 11) is 0. The lowest BCUT2D eigenvalue weighted by Gasteiger charge is -2.13. The van der Waals surface area contributed by atoms with Crippen LogP contribution >= 0.6 is 0 Å². The van der Waals surface area contributed by atoms with Gasteiger partial charge in [-0.05, 0) is 95.1 Å². The summed E-state index contributed by atoms with van der Waals surface area (Å²) in [5.74, 6) is 0. The first kappa shape index (κ1) is 35.0. The molecule has 4 heteroatoms. The van der Waals surface area contributed by atoms with Crippen LogP contribution in [0.1, 0.15) is 0 Å². The average Bonchev–Trinajstić information content (AvgIpc) is 4.11. The molecule has 4 heterocycles. The van der Waals surface area contributed by atoms with Gasteiger partial charge in [0.25, 0.3) is 0 Å². The van der Waals surface area contributed by atoms with Gasteiger partial charge in [0.2, 0.25) is 0 Å². The topological polar surface area (TPSA) is 36.1 Å². The molecule has 0 fully saturated rings. The van der Waals surface area contributed by atoms with Crippen LogP contribution in [0.4, 0.5) is 0 Å². The first-order valence-corrected chi connectivity index (χ1v) is 21.8. The minimum Gasteiger partial charge on any atom is -0.455 e. The van der Waals surface area contributed by atoms with Crippen molar-refractivity contribution in [2.75, 3.05) is 0 Å². The summed E-state index contributed by atoms with van der Waals surface area (Å²) in [6, 6.07) is 78.5. The summed E-state index contributed by atoms with van der Waals surface area (Å²) >= 11 is 0. The van der Waals surface area contributed by atoms with Crippen molar-refractivity contribution in [1.82, 2.24) is 9.13 Å². The van der Waals surface area contributed by atoms with Crippen molar-refractivity contribution in [2.45, 2.75) is 0 Å². The Balaban J connectivity index is 0.877. The molecule has 0 amide bonds. The van der Waals surface area contributed by atoms with Crippen molar-refractivity contribution in [1.29, 1.82) is 0 Å². The maximum atomic E-state index is 6.47. The number of aromatic nitrogens is 2. The Hall–Kier alpha value is -8.60. The van der Waals surface area contributed by atoms with E-state index in [1.807, 2.05) is 24.3 Å². The van der Waals surface area contributed by atoms with Gasteiger partial charge in [-0.15, -0.1) is 0 Å². The Morgan fingerprint density at radius 2 is 0.641 bits per heavy atom. The quantitative estimate of drug-likeness (QED) is 0.173. The second-order valence-corrected chi connectivity index (χ2v) is 16.8. The highest BCUT2D eigenvalue weighted by Gasteiger charge is 2.19. The van der Waals surface area contributed by atoms with E-state index in [0.717, 1.165) is 99.7 Å². The van der Waals surface area contributed by atoms with Crippen molar-refractivity contribution in [3.8, 4) is 44.8 Å². The molecule has 0 atom stereocenters. The monoisotopic (exact) mass is 816 g/mol. The predicted octanol–water partition coefficient (Wildman–Crippen LogP) is 16.7. The fourth-order valence-electron chi connectivity index (χ4n) is 10.4. The van der Waals surface area contributed by atoms with Crippen molar-refractivity contribution in [2.24, 2.45) is 0 Å². The Labute approximate surface area is 367 Å². The molecular weight excluding hydrogens is 781 g/mol. The van der Waals surface area contributed by atoms with Gasteiger partial charge in [-0.25, -0.2) is 0 Å². The second kappa shape index (κ2) is 13.4. The summed E-state index contributed by atoms with van der Waals surface area (Å²) in [5, 5.41) is 9.39. The summed E-state index contributed by atoms with van der Waals surface area (Å²) in [6.07, 6.45) is 0. The molecule has 0 saturated heterocycles. The van der Waals surface area contributed by atoms with Crippen molar-refractivity contribution >= 4 is 87.5 Å². The number of hydrogen-bond acceptors (Lipinski definition) is 2. The van der Waals surface area contributed by atoms with E-state index in [1.54, 1.807) is 0 Å². The highest BCUT2D eigenvalue weighted by atomic mass is 16.3. The first-order valence-electron chi connectivity index (χ1n) is 21.8. The fraction of sp³-hybridized carbons (Fsp3) is 0. The van der Waals surface area contributed by atoms with Crippen molar-refractivity contribution in [3.63, 3.8) is 0 Å². The van der Waals surface area contributed by atoms with Crippen LogP contribution in [0.3, 0.4) is 0 Å². The van der Waals surface area contributed by atoms with Gasteiger partial charge >= 0.3 is 0 Å². The number of fused-ring (bicyclic) bond motifs is 12. The lowest BCUT2D eigenvalue weighted by molar-refractivity contribution is 0.669. The lowest BCUT2D eigenvalue weighted by Crippen LogP contribution is -1.96. The fourth-order valence-corrected chi connectivity index (χ4v) is 10.4. The van der Waals surface area contributed by atoms with Crippen LogP contribution in [-0.4, -0.2) is 9.13 Å². The van der Waals surface area contributed by atoms with E-state index in [4.69, 9.17) is 8.83 Å². The number of benzene rings is 10. The molecule has 0 bridgehead atoms. The van der Waals surface area contributed by atoms with E-state index in [1.165, 1.54) is 32.6 Å². The van der Waals surface area contributed by atoms with Crippen LogP contribution < -0.4 is 0 Å². The van der Waals surface area contributed by atoms with Gasteiger partial charge in [0.15, 0.2) is 0 Å². The zero-order valence-electron chi connectivity index (χ0n) is 34.5. The van der Waals surface area contributed by atoms with E-state index in [9.17, 15) is 0 Å². The molecule has 0 aliphatic rings. The van der Waals surface area contributed by atoms with Crippen LogP contribution in [0.15, 0.2) is 227 Å². The molecule has 10 aromatic carbocycles. The maximum absolute atomic E-state index is 6.47. The molecule has 0 radical (unpaired) electrons. The summed E-state index contributed by atoms with van der Waals surface area (Å²) < 4.78 is 17.8. The van der Waals surface area contributed by atoms with Gasteiger partial charge in [-0.2, -0.15) is 0 Å². The molecule has 0 saturated carbocycles. The van der Waals surface area contributed by atoms with E-state index < -0.39 is 0 Å². The van der Waals surface area contributed by atoms with E-state index in [2.05, 4.69) is 203 Å². The Morgan fingerprint density at radius 3 is 1.12 bits per heavy atom. The molecule has 14 rings (SSSR count). The SMILES string of the molecule is c1cc(-c2cccc(-n3c4ccccc4c4cc(-c5cccc6c5oc5ccccc56)ccc43)c2)cc(-n2c3ccccc3c3cc(-c4cccc5c4oc4ccccc45)ccc32)c1. The number of hydrogen-bond donors (Lipinski definition) is 0. The molecule has 0 unspecified atom stereocenters. The Kier molecular flexibility index (Phi) is 7.36. The van der Waals surface area contributed by atoms with Crippen LogP contribution in [-0.2, 0) is 0 Å². The van der Waals surface area contributed by atoms with E-state index in [0.29, 0.717) is 0 Å². The van der Waals surface area contributed by atoms with Gasteiger partial charge in [0, 0.05) is 65.6 Å². The third-order valence-electron chi connectivity index (χ3n) is 13.3. The maximum Gasteiger partial charge on any atom is 0.143 e. The Bertz CT molecular complexity index is 3940. The van der Waals surface area contributed by atoms with E-state index in [-0.39, 0.29) is 0 Å². The van der Waals surface area contributed by atoms with Crippen LogP contribution in [0.25, 0.3) is 132 Å². The molecule has 64 heavy (non-hydrogen) atoms. The minimum atomic E-state index is 0.908.